The van der Waals surface area contributed by atoms with Crippen molar-refractivity contribution in [2.45, 2.75) is 6.54 Å². The smallest absolute Gasteiger partial charge is 0.137 e. The number of furan rings is 1. The van der Waals surface area contributed by atoms with E-state index in [0.717, 1.165) is 17.1 Å². The van der Waals surface area contributed by atoms with E-state index in [9.17, 15) is 0 Å². The summed E-state index contributed by atoms with van der Waals surface area (Å²) < 4.78 is 10.8. The van der Waals surface area contributed by atoms with Crippen LogP contribution in [0.1, 0.15) is 5.76 Å². The first-order valence-electron chi connectivity index (χ1n) is 5.75. The van der Waals surface area contributed by atoms with Gasteiger partial charge in [0.15, 0.2) is 0 Å². The molecule has 2 aromatic rings. The van der Waals surface area contributed by atoms with Crippen molar-refractivity contribution in [3.8, 4) is 23.1 Å². The third kappa shape index (κ3) is 3.28. The van der Waals surface area contributed by atoms with E-state index >= 15 is 0 Å². The summed E-state index contributed by atoms with van der Waals surface area (Å²) in [5.74, 6) is 2.14. The Morgan fingerprint density at radius 3 is 2.89 bits per heavy atom. The Morgan fingerprint density at radius 2 is 2.21 bits per heavy atom. The van der Waals surface area contributed by atoms with Gasteiger partial charge in [0.25, 0.3) is 0 Å². The first-order valence-corrected chi connectivity index (χ1v) is 6.12. The zero-order valence-corrected chi connectivity index (χ0v) is 11.2. The summed E-state index contributed by atoms with van der Waals surface area (Å²) in [6, 6.07) is 11.2. The Kier molecular flexibility index (Phi) is 4.45. The Morgan fingerprint density at radius 1 is 1.37 bits per heavy atom. The topological polar surface area (TPSA) is 58.2 Å². The van der Waals surface area contributed by atoms with Gasteiger partial charge in [-0.2, -0.15) is 5.26 Å². The lowest BCUT2D eigenvalue weighted by Crippen LogP contribution is -2.12. The second-order valence-corrected chi connectivity index (χ2v) is 4.28. The third-order valence-corrected chi connectivity index (χ3v) is 2.90. The minimum absolute atomic E-state index is 0.296. The van der Waals surface area contributed by atoms with Gasteiger partial charge >= 0.3 is 0 Å². The average Bonchev–Trinajstić information content (AvgIpc) is 2.88. The number of hydrogen-bond donors (Lipinski definition) is 1. The van der Waals surface area contributed by atoms with E-state index < -0.39 is 0 Å². The SMILES string of the molecule is COc1ccc(-c2ccc(CNCC#N)o2)cc1Cl. The molecule has 0 aliphatic rings. The van der Waals surface area contributed by atoms with Crippen molar-refractivity contribution in [2.24, 2.45) is 0 Å². The van der Waals surface area contributed by atoms with Gasteiger partial charge in [-0.15, -0.1) is 0 Å². The summed E-state index contributed by atoms with van der Waals surface area (Å²) in [4.78, 5) is 0. The molecule has 19 heavy (non-hydrogen) atoms. The van der Waals surface area contributed by atoms with Crippen molar-refractivity contribution in [3.05, 3.63) is 41.1 Å². The van der Waals surface area contributed by atoms with Crippen molar-refractivity contribution in [1.29, 1.82) is 5.26 Å². The maximum atomic E-state index is 8.44. The van der Waals surface area contributed by atoms with Crippen molar-refractivity contribution in [2.75, 3.05) is 13.7 Å². The van der Waals surface area contributed by atoms with E-state index in [1.54, 1.807) is 19.2 Å². The van der Waals surface area contributed by atoms with E-state index in [1.165, 1.54) is 0 Å². The fraction of sp³-hybridized carbons (Fsp3) is 0.214. The highest BCUT2D eigenvalue weighted by molar-refractivity contribution is 6.32. The largest absolute Gasteiger partial charge is 0.495 e. The third-order valence-electron chi connectivity index (χ3n) is 2.60. The fourth-order valence-electron chi connectivity index (χ4n) is 1.69. The summed E-state index contributed by atoms with van der Waals surface area (Å²) in [5.41, 5.74) is 0.886. The Hall–Kier alpha value is -1.96. The molecule has 0 bridgehead atoms. The summed E-state index contributed by atoms with van der Waals surface area (Å²) in [6.45, 7) is 0.821. The van der Waals surface area contributed by atoms with E-state index in [1.807, 2.05) is 24.3 Å². The van der Waals surface area contributed by atoms with Crippen LogP contribution in [0.4, 0.5) is 0 Å². The highest BCUT2D eigenvalue weighted by Gasteiger charge is 2.07. The highest BCUT2D eigenvalue weighted by atomic mass is 35.5. The van der Waals surface area contributed by atoms with Gasteiger partial charge in [-0.1, -0.05) is 11.6 Å². The van der Waals surface area contributed by atoms with Crippen LogP contribution in [0.2, 0.25) is 5.02 Å². The van der Waals surface area contributed by atoms with Gasteiger partial charge < -0.3 is 9.15 Å². The molecule has 0 amide bonds. The quantitative estimate of drug-likeness (QED) is 0.673. The molecule has 0 unspecified atom stereocenters. The molecule has 1 aromatic carbocycles. The zero-order chi connectivity index (χ0) is 13.7. The van der Waals surface area contributed by atoms with Gasteiger partial charge in [0.05, 0.1) is 31.3 Å². The summed E-state index contributed by atoms with van der Waals surface area (Å²) in [6.07, 6.45) is 0. The van der Waals surface area contributed by atoms with Crippen molar-refractivity contribution in [3.63, 3.8) is 0 Å². The number of nitrogens with one attached hydrogen (secondary N) is 1. The molecule has 1 N–H and O–H groups in total. The summed E-state index contributed by atoms with van der Waals surface area (Å²) >= 11 is 6.07. The van der Waals surface area contributed by atoms with Crippen LogP contribution in [-0.4, -0.2) is 13.7 Å². The minimum Gasteiger partial charge on any atom is -0.495 e. The van der Waals surface area contributed by atoms with Crippen molar-refractivity contribution >= 4 is 11.6 Å². The normalized spacial score (nSPS) is 10.2. The molecule has 4 nitrogen and oxygen atoms in total. The predicted octanol–water partition coefficient (Wildman–Crippen LogP) is 3.22. The first kappa shape index (κ1) is 13.5. The van der Waals surface area contributed by atoms with Crippen LogP contribution < -0.4 is 10.1 Å². The number of benzene rings is 1. The molecule has 0 aliphatic heterocycles. The molecule has 1 aromatic heterocycles. The fourth-order valence-corrected chi connectivity index (χ4v) is 1.95. The molecular formula is C14H13ClN2O2. The van der Waals surface area contributed by atoms with Gasteiger partial charge in [0.2, 0.25) is 0 Å². The lowest BCUT2D eigenvalue weighted by Gasteiger charge is -2.04. The maximum absolute atomic E-state index is 8.44. The number of halogens is 1. The van der Waals surface area contributed by atoms with Crippen LogP contribution in [0.5, 0.6) is 5.75 Å². The van der Waals surface area contributed by atoms with Crippen LogP contribution in [0, 0.1) is 11.3 Å². The van der Waals surface area contributed by atoms with E-state index in [-0.39, 0.29) is 0 Å². The lowest BCUT2D eigenvalue weighted by atomic mass is 10.2. The number of nitrogens with zero attached hydrogens (tertiary/aromatic N) is 1. The zero-order valence-electron chi connectivity index (χ0n) is 10.4. The van der Waals surface area contributed by atoms with E-state index in [4.69, 9.17) is 26.0 Å². The molecule has 98 valence electrons. The molecule has 2 rings (SSSR count). The van der Waals surface area contributed by atoms with Gasteiger partial charge in [-0.25, -0.2) is 0 Å². The summed E-state index contributed by atoms with van der Waals surface area (Å²) in [7, 11) is 1.58. The molecule has 0 saturated heterocycles. The van der Waals surface area contributed by atoms with Crippen LogP contribution in [0.25, 0.3) is 11.3 Å². The van der Waals surface area contributed by atoms with Gasteiger partial charge in [0.1, 0.15) is 17.3 Å². The van der Waals surface area contributed by atoms with Gasteiger partial charge in [-0.3, -0.25) is 5.32 Å². The molecule has 0 spiro atoms. The van der Waals surface area contributed by atoms with E-state index in [2.05, 4.69) is 5.32 Å². The Balaban J connectivity index is 2.14. The second kappa shape index (κ2) is 6.28. The predicted molar refractivity (Wildman–Crippen MR) is 73.0 cm³/mol. The van der Waals surface area contributed by atoms with Crippen LogP contribution in [0.15, 0.2) is 34.7 Å². The van der Waals surface area contributed by atoms with Crippen LogP contribution >= 0.6 is 11.6 Å². The highest BCUT2D eigenvalue weighted by Crippen LogP contribution is 2.30. The molecular weight excluding hydrogens is 264 g/mol. The van der Waals surface area contributed by atoms with E-state index in [0.29, 0.717) is 23.9 Å². The molecule has 5 heteroatoms. The standard InChI is InChI=1S/C14H13ClN2O2/c1-18-14-4-2-10(8-12(14)15)13-5-3-11(19-13)9-17-7-6-16/h2-5,8,17H,7,9H2,1H3. The van der Waals surface area contributed by atoms with Crippen LogP contribution in [-0.2, 0) is 6.54 Å². The molecule has 0 saturated carbocycles. The first-order chi connectivity index (χ1) is 9.24. The number of nitriles is 1. The second-order valence-electron chi connectivity index (χ2n) is 3.88. The molecule has 0 radical (unpaired) electrons. The lowest BCUT2D eigenvalue weighted by molar-refractivity contribution is 0.415. The maximum Gasteiger partial charge on any atom is 0.137 e. The van der Waals surface area contributed by atoms with Crippen molar-refractivity contribution < 1.29 is 9.15 Å². The van der Waals surface area contributed by atoms with Gasteiger partial charge in [-0.05, 0) is 30.3 Å². The average molecular weight is 277 g/mol. The number of rotatable bonds is 5. The monoisotopic (exact) mass is 276 g/mol. The van der Waals surface area contributed by atoms with Crippen molar-refractivity contribution in [1.82, 2.24) is 5.32 Å². The summed E-state index contributed by atoms with van der Waals surface area (Å²) in [5, 5.41) is 11.9. The number of methoxy groups -OCH3 is 1. The Labute approximate surface area is 116 Å². The molecule has 0 aliphatic carbocycles. The number of hydrogen-bond acceptors (Lipinski definition) is 4. The van der Waals surface area contributed by atoms with Crippen LogP contribution in [0.3, 0.4) is 0 Å². The van der Waals surface area contributed by atoms with Gasteiger partial charge in [0, 0.05) is 5.56 Å². The molecule has 0 fully saturated rings. The molecule has 0 atom stereocenters. The molecule has 1 heterocycles. The number of ether oxygens (including phenoxy) is 1. The Bertz CT molecular complexity index is 602. The minimum atomic E-state index is 0.296.